The third-order valence-electron chi connectivity index (χ3n) is 4.51. The van der Waals surface area contributed by atoms with Crippen LogP contribution in [0.1, 0.15) is 31.2 Å². The highest BCUT2D eigenvalue weighted by atomic mass is 35.5. The Morgan fingerprint density at radius 2 is 1.36 bits per heavy atom. The number of methoxy groups -OCH3 is 1. The Morgan fingerprint density at radius 3 is 1.88 bits per heavy atom. The second-order valence-corrected chi connectivity index (χ2v) is 7.33. The number of aliphatic hydroxyl groups is 1. The monoisotopic (exact) mass is 493 g/mol. The molecule has 0 saturated heterocycles. The van der Waals surface area contributed by atoms with Crippen molar-refractivity contribution in [1.82, 2.24) is 0 Å². The third kappa shape index (κ3) is 13.6. The van der Waals surface area contributed by atoms with E-state index in [0.717, 1.165) is 38.2 Å². The van der Waals surface area contributed by atoms with Crippen molar-refractivity contribution in [1.29, 1.82) is 0 Å². The summed E-state index contributed by atoms with van der Waals surface area (Å²) in [7, 11) is 1.42. The number of rotatable bonds is 22. The predicted molar refractivity (Wildman–Crippen MR) is 124 cm³/mol. The van der Waals surface area contributed by atoms with Gasteiger partial charge in [0.1, 0.15) is 6.61 Å². The normalized spacial score (nSPS) is 11.0. The molecule has 0 unspecified atom stereocenters. The molecular weight excluding hydrogens is 458 g/mol. The second-order valence-electron chi connectivity index (χ2n) is 6.95. The largest absolute Gasteiger partial charge is 0.493 e. The smallest absolute Gasteiger partial charge is 0.278 e. The van der Waals surface area contributed by atoms with Crippen molar-refractivity contribution < 1.29 is 38.5 Å². The Hall–Kier alpha value is -1.69. The maximum atomic E-state index is 11.1. The van der Waals surface area contributed by atoms with E-state index in [9.17, 15) is 15.2 Å². The molecular formula is C22H36ClNO9. The number of aliphatic hydroxyl groups excluding tert-OH is 1. The summed E-state index contributed by atoms with van der Waals surface area (Å²) in [5.41, 5.74) is -0.0718. The van der Waals surface area contributed by atoms with Gasteiger partial charge >= 0.3 is 0 Å². The van der Waals surface area contributed by atoms with Crippen molar-refractivity contribution in [2.75, 3.05) is 72.5 Å². The van der Waals surface area contributed by atoms with E-state index in [1.807, 2.05) is 0 Å². The van der Waals surface area contributed by atoms with Crippen molar-refractivity contribution in [2.45, 2.75) is 32.3 Å². The van der Waals surface area contributed by atoms with Gasteiger partial charge in [0.05, 0.1) is 76.5 Å². The molecule has 0 saturated carbocycles. The molecule has 190 valence electrons. The minimum atomic E-state index is -0.575. The van der Waals surface area contributed by atoms with Gasteiger partial charge in [0, 0.05) is 12.5 Å². The van der Waals surface area contributed by atoms with Crippen LogP contribution in [0.5, 0.6) is 11.5 Å². The number of unbranched alkanes of at least 4 members (excludes halogenated alkanes) is 3. The summed E-state index contributed by atoms with van der Waals surface area (Å²) in [6.07, 6.45) is 4.40. The van der Waals surface area contributed by atoms with E-state index in [1.54, 1.807) is 0 Å². The summed E-state index contributed by atoms with van der Waals surface area (Å²) in [5, 5.41) is 20.4. The molecule has 0 aromatic heterocycles. The minimum absolute atomic E-state index is 0.156. The van der Waals surface area contributed by atoms with Crippen molar-refractivity contribution in [2.24, 2.45) is 0 Å². The fourth-order valence-corrected chi connectivity index (χ4v) is 2.97. The molecule has 1 aromatic rings. The maximum Gasteiger partial charge on any atom is 0.278 e. The lowest BCUT2D eigenvalue weighted by atomic mass is 10.1. The first-order valence-corrected chi connectivity index (χ1v) is 11.6. The molecule has 0 aliphatic heterocycles. The standard InChI is InChI=1S/C22H36ClNO9/c1-28-21-16-19(18-25)20(24(26)27)17-22(21)33-15-14-32-13-12-31-11-10-30-9-8-29-7-5-3-2-4-6-23/h16-17,25H,2-15,18H2,1H3. The van der Waals surface area contributed by atoms with Crippen LogP contribution in [0.25, 0.3) is 0 Å². The molecule has 0 amide bonds. The molecule has 0 aliphatic rings. The van der Waals surface area contributed by atoms with Crippen LogP contribution in [0.3, 0.4) is 0 Å². The number of hydrogen-bond acceptors (Lipinski definition) is 9. The first kappa shape index (κ1) is 29.3. The molecule has 0 bridgehead atoms. The molecule has 1 rings (SSSR count). The van der Waals surface area contributed by atoms with Crippen LogP contribution in [0.15, 0.2) is 12.1 Å². The van der Waals surface area contributed by atoms with E-state index in [-0.39, 0.29) is 30.2 Å². The van der Waals surface area contributed by atoms with Gasteiger partial charge in [-0.1, -0.05) is 12.8 Å². The van der Waals surface area contributed by atoms with Crippen LogP contribution in [0.4, 0.5) is 5.69 Å². The molecule has 0 aliphatic carbocycles. The SMILES string of the molecule is COc1cc(CO)c([N+](=O)[O-])cc1OCCOCCOCCOCCOCCCCCCCl. The molecule has 0 atom stereocenters. The molecule has 0 heterocycles. The van der Waals surface area contributed by atoms with Gasteiger partial charge in [-0.2, -0.15) is 0 Å². The van der Waals surface area contributed by atoms with Crippen LogP contribution in [0.2, 0.25) is 0 Å². The fraction of sp³-hybridized carbons (Fsp3) is 0.727. The van der Waals surface area contributed by atoms with E-state index in [2.05, 4.69) is 0 Å². The highest BCUT2D eigenvalue weighted by Gasteiger charge is 2.19. The number of alkyl halides is 1. The van der Waals surface area contributed by atoms with Crippen LogP contribution >= 0.6 is 11.6 Å². The van der Waals surface area contributed by atoms with Crippen molar-refractivity contribution in [3.05, 3.63) is 27.8 Å². The molecule has 1 N–H and O–H groups in total. The van der Waals surface area contributed by atoms with Gasteiger partial charge in [-0.05, 0) is 18.9 Å². The van der Waals surface area contributed by atoms with E-state index in [1.165, 1.54) is 19.2 Å². The third-order valence-corrected chi connectivity index (χ3v) is 4.77. The van der Waals surface area contributed by atoms with Crippen LogP contribution in [0, 0.1) is 10.1 Å². The lowest BCUT2D eigenvalue weighted by Crippen LogP contribution is -2.14. The zero-order chi connectivity index (χ0) is 24.2. The predicted octanol–water partition coefficient (Wildman–Crippen LogP) is 3.34. The van der Waals surface area contributed by atoms with Gasteiger partial charge in [0.2, 0.25) is 0 Å². The van der Waals surface area contributed by atoms with Gasteiger partial charge in [0.15, 0.2) is 11.5 Å². The summed E-state index contributed by atoms with van der Waals surface area (Å²) < 4.78 is 32.5. The fourth-order valence-electron chi connectivity index (χ4n) is 2.78. The van der Waals surface area contributed by atoms with Gasteiger partial charge in [-0.25, -0.2) is 0 Å². The molecule has 10 nitrogen and oxygen atoms in total. The molecule has 0 radical (unpaired) electrons. The summed E-state index contributed by atoms with van der Waals surface area (Å²) in [6, 6.07) is 2.63. The van der Waals surface area contributed by atoms with E-state index < -0.39 is 11.5 Å². The van der Waals surface area contributed by atoms with Crippen molar-refractivity contribution in [3.63, 3.8) is 0 Å². The lowest BCUT2D eigenvalue weighted by Gasteiger charge is -2.12. The molecule has 11 heteroatoms. The van der Waals surface area contributed by atoms with Crippen LogP contribution < -0.4 is 9.47 Å². The van der Waals surface area contributed by atoms with Gasteiger partial charge < -0.3 is 33.5 Å². The quantitative estimate of drug-likeness (QED) is 0.112. The van der Waals surface area contributed by atoms with Crippen LogP contribution in [-0.4, -0.2) is 82.5 Å². The number of benzene rings is 1. The van der Waals surface area contributed by atoms with E-state index in [0.29, 0.717) is 45.4 Å². The zero-order valence-electron chi connectivity index (χ0n) is 19.3. The number of nitrogens with zero attached hydrogens (tertiary/aromatic N) is 1. The molecule has 33 heavy (non-hydrogen) atoms. The van der Waals surface area contributed by atoms with Gasteiger partial charge in [0.25, 0.3) is 5.69 Å². The molecule has 0 fully saturated rings. The van der Waals surface area contributed by atoms with E-state index >= 15 is 0 Å². The topological polar surface area (TPSA) is 119 Å². The Kier molecular flexibility index (Phi) is 17.6. The number of nitro benzene ring substituents is 1. The van der Waals surface area contributed by atoms with Gasteiger partial charge in [-0.15, -0.1) is 11.6 Å². The number of nitro groups is 1. The average molecular weight is 494 g/mol. The average Bonchev–Trinajstić information content (AvgIpc) is 2.82. The maximum absolute atomic E-state index is 11.1. The Bertz CT molecular complexity index is 649. The summed E-state index contributed by atoms with van der Waals surface area (Å²) in [5.74, 6) is 1.25. The lowest BCUT2D eigenvalue weighted by molar-refractivity contribution is -0.385. The molecule has 0 spiro atoms. The number of ether oxygens (including phenoxy) is 6. The van der Waals surface area contributed by atoms with Crippen LogP contribution in [-0.2, 0) is 25.6 Å². The van der Waals surface area contributed by atoms with Crippen molar-refractivity contribution in [3.8, 4) is 11.5 Å². The first-order chi connectivity index (χ1) is 16.1. The minimum Gasteiger partial charge on any atom is -0.493 e. The first-order valence-electron chi connectivity index (χ1n) is 11.1. The zero-order valence-corrected chi connectivity index (χ0v) is 20.1. The Balaban J connectivity index is 2.00. The number of hydrogen-bond donors (Lipinski definition) is 1. The molecule has 1 aromatic carbocycles. The highest BCUT2D eigenvalue weighted by Crippen LogP contribution is 2.34. The van der Waals surface area contributed by atoms with Gasteiger partial charge in [-0.3, -0.25) is 10.1 Å². The van der Waals surface area contributed by atoms with Crippen molar-refractivity contribution >= 4 is 17.3 Å². The second kappa shape index (κ2) is 19.7. The van der Waals surface area contributed by atoms with E-state index in [4.69, 9.17) is 40.0 Å². The Morgan fingerprint density at radius 1 is 0.818 bits per heavy atom. The summed E-state index contributed by atoms with van der Waals surface area (Å²) in [4.78, 5) is 10.5. The number of halogens is 1. The summed E-state index contributed by atoms with van der Waals surface area (Å²) in [6.45, 7) is 3.63. The summed E-state index contributed by atoms with van der Waals surface area (Å²) >= 11 is 5.63. The highest BCUT2D eigenvalue weighted by molar-refractivity contribution is 6.17. The Labute approximate surface area is 200 Å².